The number of nitrogens with one attached hydrogen (secondary N) is 2. The molecule has 0 aromatic heterocycles. The zero-order valence-corrected chi connectivity index (χ0v) is 16.4. The maximum absolute atomic E-state index is 12.1. The number of amides is 1. The van der Waals surface area contributed by atoms with Crippen LogP contribution in [0.4, 0.5) is 0 Å². The lowest BCUT2D eigenvalue weighted by atomic mass is 10.2. The van der Waals surface area contributed by atoms with Crippen LogP contribution in [0.25, 0.3) is 0 Å². The lowest BCUT2D eigenvalue weighted by molar-refractivity contribution is 0.0955. The van der Waals surface area contributed by atoms with Crippen LogP contribution in [-0.4, -0.2) is 61.7 Å². The van der Waals surface area contributed by atoms with Crippen molar-refractivity contribution in [3.8, 4) is 11.5 Å². The van der Waals surface area contributed by atoms with Crippen molar-refractivity contribution in [2.75, 3.05) is 39.8 Å². The summed E-state index contributed by atoms with van der Waals surface area (Å²) < 4.78 is 5.72. The van der Waals surface area contributed by atoms with Crippen molar-refractivity contribution >= 4 is 11.9 Å². The van der Waals surface area contributed by atoms with Gasteiger partial charge in [0, 0.05) is 25.7 Å². The molecule has 2 rings (SSSR count). The van der Waals surface area contributed by atoms with Crippen molar-refractivity contribution in [2.45, 2.75) is 6.92 Å². The average Bonchev–Trinajstić information content (AvgIpc) is 2.71. The van der Waals surface area contributed by atoms with Gasteiger partial charge in [0.25, 0.3) is 5.91 Å². The number of phenols is 1. The maximum atomic E-state index is 12.1. The first kappa shape index (κ1) is 21.1. The number of benzene rings is 2. The van der Waals surface area contributed by atoms with Crippen molar-refractivity contribution in [3.63, 3.8) is 0 Å². The van der Waals surface area contributed by atoms with Crippen molar-refractivity contribution < 1.29 is 14.6 Å². The second-order valence-electron chi connectivity index (χ2n) is 6.12. The van der Waals surface area contributed by atoms with Crippen LogP contribution in [0.15, 0.2) is 59.6 Å². The molecule has 0 aliphatic heterocycles. The van der Waals surface area contributed by atoms with Gasteiger partial charge < -0.3 is 25.4 Å². The van der Waals surface area contributed by atoms with Gasteiger partial charge in [-0.3, -0.25) is 9.79 Å². The highest BCUT2D eigenvalue weighted by Crippen LogP contribution is 2.09. The van der Waals surface area contributed by atoms with Gasteiger partial charge in [-0.05, 0) is 43.3 Å². The molecule has 0 spiro atoms. The first-order valence-electron chi connectivity index (χ1n) is 9.34. The Bertz CT molecular complexity index is 748. The fourth-order valence-electron chi connectivity index (χ4n) is 2.44. The summed E-state index contributed by atoms with van der Waals surface area (Å²) in [6, 6.07) is 15.8. The van der Waals surface area contributed by atoms with Crippen LogP contribution in [0.5, 0.6) is 11.5 Å². The third-order valence-corrected chi connectivity index (χ3v) is 3.92. The van der Waals surface area contributed by atoms with Crippen LogP contribution in [0.3, 0.4) is 0 Å². The minimum atomic E-state index is -0.190. The van der Waals surface area contributed by atoms with Gasteiger partial charge in [0.1, 0.15) is 18.1 Å². The standard InChI is InChI=1S/C21H28N4O3/c1-3-22-21(25(2)15-16-28-19-7-5-4-6-8-19)24-14-13-23-20(27)17-9-11-18(26)12-10-17/h4-12,26H,3,13-16H2,1-2H3,(H,22,24)(H,23,27). The lowest BCUT2D eigenvalue weighted by Gasteiger charge is -2.22. The number of likely N-dealkylation sites (N-methyl/N-ethyl adjacent to an activating group) is 1. The number of ether oxygens (including phenoxy) is 1. The second-order valence-corrected chi connectivity index (χ2v) is 6.12. The van der Waals surface area contributed by atoms with E-state index in [4.69, 9.17) is 4.74 Å². The largest absolute Gasteiger partial charge is 0.508 e. The number of carbonyl (C=O) groups excluding carboxylic acids is 1. The maximum Gasteiger partial charge on any atom is 0.251 e. The summed E-state index contributed by atoms with van der Waals surface area (Å²) in [5, 5.41) is 15.3. The second kappa shape index (κ2) is 11.5. The molecule has 0 aliphatic carbocycles. The number of hydrogen-bond acceptors (Lipinski definition) is 4. The Balaban J connectivity index is 1.76. The Morgan fingerprint density at radius 2 is 1.82 bits per heavy atom. The highest BCUT2D eigenvalue weighted by atomic mass is 16.5. The van der Waals surface area contributed by atoms with Crippen LogP contribution in [0.2, 0.25) is 0 Å². The molecule has 0 saturated heterocycles. The number of guanidine groups is 1. The number of carbonyl (C=O) groups is 1. The molecule has 2 aromatic carbocycles. The Morgan fingerprint density at radius 3 is 2.50 bits per heavy atom. The zero-order valence-electron chi connectivity index (χ0n) is 16.4. The smallest absolute Gasteiger partial charge is 0.251 e. The Morgan fingerprint density at radius 1 is 1.11 bits per heavy atom. The van der Waals surface area contributed by atoms with Gasteiger partial charge in [-0.2, -0.15) is 0 Å². The molecule has 28 heavy (non-hydrogen) atoms. The minimum Gasteiger partial charge on any atom is -0.508 e. The van der Waals surface area contributed by atoms with E-state index in [1.807, 2.05) is 49.2 Å². The highest BCUT2D eigenvalue weighted by Gasteiger charge is 2.07. The van der Waals surface area contributed by atoms with Gasteiger partial charge in [0.05, 0.1) is 13.1 Å². The number of aliphatic imine (C=N–C) groups is 1. The Hall–Kier alpha value is -3.22. The topological polar surface area (TPSA) is 86.2 Å². The molecule has 0 fully saturated rings. The Kier molecular flexibility index (Phi) is 8.65. The van der Waals surface area contributed by atoms with Crippen LogP contribution in [-0.2, 0) is 0 Å². The number of hydrogen-bond donors (Lipinski definition) is 3. The minimum absolute atomic E-state index is 0.135. The molecule has 0 radical (unpaired) electrons. The normalized spacial score (nSPS) is 11.0. The summed E-state index contributed by atoms with van der Waals surface area (Å²) in [7, 11) is 1.95. The highest BCUT2D eigenvalue weighted by molar-refractivity contribution is 5.94. The van der Waals surface area contributed by atoms with E-state index in [1.165, 1.54) is 12.1 Å². The summed E-state index contributed by atoms with van der Waals surface area (Å²) in [6.07, 6.45) is 0. The number of rotatable bonds is 9. The molecule has 0 saturated carbocycles. The molecule has 0 heterocycles. The van der Waals surface area contributed by atoms with E-state index >= 15 is 0 Å². The van der Waals surface area contributed by atoms with Gasteiger partial charge in [0.15, 0.2) is 5.96 Å². The van der Waals surface area contributed by atoms with E-state index in [2.05, 4.69) is 15.6 Å². The predicted octanol–water partition coefficient (Wildman–Crippen LogP) is 2.10. The molecular formula is C21H28N4O3. The summed E-state index contributed by atoms with van der Waals surface area (Å²) in [5.41, 5.74) is 0.504. The molecule has 0 aliphatic rings. The summed E-state index contributed by atoms with van der Waals surface area (Å²) in [4.78, 5) is 18.6. The molecule has 3 N–H and O–H groups in total. The van der Waals surface area contributed by atoms with Crippen LogP contribution >= 0.6 is 0 Å². The van der Waals surface area contributed by atoms with Crippen molar-refractivity contribution in [1.82, 2.24) is 15.5 Å². The van der Waals surface area contributed by atoms with E-state index in [0.717, 1.165) is 18.3 Å². The van der Waals surface area contributed by atoms with E-state index in [1.54, 1.807) is 12.1 Å². The van der Waals surface area contributed by atoms with Crippen molar-refractivity contribution in [3.05, 3.63) is 60.2 Å². The van der Waals surface area contributed by atoms with Crippen LogP contribution in [0.1, 0.15) is 17.3 Å². The predicted molar refractivity (Wildman–Crippen MR) is 111 cm³/mol. The summed E-state index contributed by atoms with van der Waals surface area (Å²) in [5.74, 6) is 1.55. The monoisotopic (exact) mass is 384 g/mol. The molecule has 150 valence electrons. The van der Waals surface area contributed by atoms with E-state index < -0.39 is 0 Å². The van der Waals surface area contributed by atoms with Gasteiger partial charge in [-0.25, -0.2) is 0 Å². The molecule has 0 bridgehead atoms. The molecule has 7 heteroatoms. The number of para-hydroxylation sites is 1. The average molecular weight is 384 g/mol. The van der Waals surface area contributed by atoms with Crippen LogP contribution < -0.4 is 15.4 Å². The summed E-state index contributed by atoms with van der Waals surface area (Å²) >= 11 is 0. The van der Waals surface area contributed by atoms with Gasteiger partial charge >= 0.3 is 0 Å². The molecule has 0 unspecified atom stereocenters. The Labute approximate surface area is 166 Å². The first-order chi connectivity index (χ1) is 13.6. The number of nitrogens with zero attached hydrogens (tertiary/aromatic N) is 2. The third-order valence-electron chi connectivity index (χ3n) is 3.92. The van der Waals surface area contributed by atoms with E-state index in [-0.39, 0.29) is 11.7 Å². The quantitative estimate of drug-likeness (QED) is 0.350. The lowest BCUT2D eigenvalue weighted by Crippen LogP contribution is -2.41. The fraction of sp³-hybridized carbons (Fsp3) is 0.333. The molecular weight excluding hydrogens is 356 g/mol. The third kappa shape index (κ3) is 7.19. The molecule has 0 atom stereocenters. The number of phenolic OH excluding ortho intramolecular Hbond substituents is 1. The van der Waals surface area contributed by atoms with E-state index in [0.29, 0.717) is 31.8 Å². The number of aromatic hydroxyl groups is 1. The molecule has 7 nitrogen and oxygen atoms in total. The summed E-state index contributed by atoms with van der Waals surface area (Å²) in [6.45, 7) is 4.86. The zero-order chi connectivity index (χ0) is 20.2. The van der Waals surface area contributed by atoms with Crippen molar-refractivity contribution in [2.24, 2.45) is 4.99 Å². The fourth-order valence-corrected chi connectivity index (χ4v) is 2.44. The van der Waals surface area contributed by atoms with Gasteiger partial charge in [-0.1, -0.05) is 18.2 Å². The first-order valence-corrected chi connectivity index (χ1v) is 9.34. The molecule has 2 aromatic rings. The molecule has 1 amide bonds. The van der Waals surface area contributed by atoms with Gasteiger partial charge in [-0.15, -0.1) is 0 Å². The van der Waals surface area contributed by atoms with Crippen LogP contribution in [0, 0.1) is 0 Å². The van der Waals surface area contributed by atoms with E-state index in [9.17, 15) is 9.90 Å². The SMILES string of the molecule is CCNC(=NCCNC(=O)c1ccc(O)cc1)N(C)CCOc1ccccc1. The van der Waals surface area contributed by atoms with Crippen molar-refractivity contribution in [1.29, 1.82) is 0 Å². The van der Waals surface area contributed by atoms with Gasteiger partial charge in [0.2, 0.25) is 0 Å².